The van der Waals surface area contributed by atoms with E-state index < -0.39 is 95.2 Å². The predicted octanol–water partition coefficient (Wildman–Crippen LogP) is -1.25. The quantitative estimate of drug-likeness (QED) is 0.0266. The molecule has 1 fully saturated rings. The van der Waals surface area contributed by atoms with E-state index in [1.165, 1.54) is 13.8 Å². The van der Waals surface area contributed by atoms with Gasteiger partial charge in [-0.2, -0.15) is 0 Å². The zero-order chi connectivity index (χ0) is 37.3. The topological polar surface area (TPSA) is 294 Å². The molecule has 19 nitrogen and oxygen atoms in total. The number of aliphatic carboxylic acids is 3. The number of unbranched alkanes of at least 4 members (excludes halogenated alkanes) is 2. The van der Waals surface area contributed by atoms with Gasteiger partial charge in [-0.05, 0) is 26.2 Å². The summed E-state index contributed by atoms with van der Waals surface area (Å²) in [6, 6.07) is -3.38. The minimum Gasteiger partial charge on any atom is -0.481 e. The van der Waals surface area contributed by atoms with Crippen molar-refractivity contribution in [1.29, 1.82) is 0 Å². The van der Waals surface area contributed by atoms with Crippen LogP contribution in [0.2, 0.25) is 0 Å². The number of nitrogens with one attached hydrogen (secondary N) is 3. The Hall–Kier alpha value is -4.59. The molecule has 49 heavy (non-hydrogen) atoms. The summed E-state index contributed by atoms with van der Waals surface area (Å²) in [5, 5.41) is 43.7. The monoisotopic (exact) mass is 717 g/mol. The van der Waals surface area contributed by atoms with Gasteiger partial charge < -0.3 is 36.1 Å². The van der Waals surface area contributed by atoms with Crippen molar-refractivity contribution in [2.24, 2.45) is 5.92 Å². The SMILES string of the molecule is CC(=O)CCC(=O)N(O)CCCCCNC(=O)CCN1C(=O)CC(SC[C@H](NC(=O)[C@H](CC(=O)O)NC(=O)[C@@H](C)CC(=O)O)C(=O)O)C1=O. The molecule has 20 heteroatoms. The molecule has 4 atom stereocenters. The second-order valence-corrected chi connectivity index (χ2v) is 12.6. The summed E-state index contributed by atoms with van der Waals surface area (Å²) < 4.78 is 0. The zero-order valence-electron chi connectivity index (χ0n) is 27.2. The average Bonchev–Trinajstić information content (AvgIpc) is 3.28. The number of nitrogens with zero attached hydrogens (tertiary/aromatic N) is 2. The lowest BCUT2D eigenvalue weighted by atomic mass is 10.1. The van der Waals surface area contributed by atoms with Crippen LogP contribution in [-0.2, 0) is 47.9 Å². The summed E-state index contributed by atoms with van der Waals surface area (Å²) in [6.45, 7) is 2.71. The van der Waals surface area contributed by atoms with E-state index in [4.69, 9.17) is 10.2 Å². The molecule has 0 spiro atoms. The fourth-order valence-corrected chi connectivity index (χ4v) is 5.54. The number of imide groups is 1. The first-order valence-corrected chi connectivity index (χ1v) is 16.5. The van der Waals surface area contributed by atoms with Crippen molar-refractivity contribution >= 4 is 70.9 Å². The molecule has 0 aromatic heterocycles. The second-order valence-electron chi connectivity index (χ2n) is 11.3. The van der Waals surface area contributed by atoms with Gasteiger partial charge in [-0.1, -0.05) is 6.92 Å². The number of carbonyl (C=O) groups excluding carboxylic acids is 7. The average molecular weight is 718 g/mol. The van der Waals surface area contributed by atoms with E-state index in [2.05, 4.69) is 16.0 Å². The third kappa shape index (κ3) is 16.4. The lowest BCUT2D eigenvalue weighted by molar-refractivity contribution is -0.166. The summed E-state index contributed by atoms with van der Waals surface area (Å²) in [6.07, 6.45) is -0.501. The first kappa shape index (κ1) is 42.4. The van der Waals surface area contributed by atoms with Crippen LogP contribution in [0.15, 0.2) is 0 Å². The van der Waals surface area contributed by atoms with Crippen molar-refractivity contribution in [3.05, 3.63) is 0 Å². The van der Waals surface area contributed by atoms with Crippen LogP contribution >= 0.6 is 11.8 Å². The van der Waals surface area contributed by atoms with E-state index in [0.29, 0.717) is 24.3 Å². The van der Waals surface area contributed by atoms with Crippen LogP contribution in [-0.4, -0.2) is 132 Å². The molecule has 1 unspecified atom stereocenters. The highest BCUT2D eigenvalue weighted by Gasteiger charge is 2.40. The molecular formula is C29H43N5O14S. The third-order valence-electron chi connectivity index (χ3n) is 7.13. The summed E-state index contributed by atoms with van der Waals surface area (Å²) >= 11 is 0.758. The van der Waals surface area contributed by atoms with Crippen molar-refractivity contribution in [3.8, 4) is 0 Å². The third-order valence-corrected chi connectivity index (χ3v) is 8.43. The molecule has 1 saturated heterocycles. The normalized spacial score (nSPS) is 15.9. The number of likely N-dealkylation sites (tertiary alicyclic amines) is 1. The van der Waals surface area contributed by atoms with Gasteiger partial charge in [0.15, 0.2) is 0 Å². The lowest BCUT2D eigenvalue weighted by Crippen LogP contribution is -2.54. The van der Waals surface area contributed by atoms with Crippen LogP contribution in [0.3, 0.4) is 0 Å². The Morgan fingerprint density at radius 1 is 0.878 bits per heavy atom. The van der Waals surface area contributed by atoms with Gasteiger partial charge in [-0.25, -0.2) is 9.86 Å². The Labute approximate surface area is 285 Å². The first-order valence-electron chi connectivity index (χ1n) is 15.4. The number of rotatable bonds is 24. The van der Waals surface area contributed by atoms with Gasteiger partial charge in [0.2, 0.25) is 35.4 Å². The van der Waals surface area contributed by atoms with Gasteiger partial charge in [-0.15, -0.1) is 11.8 Å². The van der Waals surface area contributed by atoms with E-state index in [9.17, 15) is 58.3 Å². The second kappa shape index (κ2) is 21.4. The van der Waals surface area contributed by atoms with Crippen molar-refractivity contribution in [1.82, 2.24) is 25.9 Å². The smallest absolute Gasteiger partial charge is 0.327 e. The Bertz CT molecular complexity index is 1280. The van der Waals surface area contributed by atoms with Gasteiger partial charge in [0.1, 0.15) is 17.9 Å². The fraction of sp³-hybridized carbons (Fsp3) is 0.655. The largest absolute Gasteiger partial charge is 0.481 e. The van der Waals surface area contributed by atoms with Crippen molar-refractivity contribution < 1.29 is 68.5 Å². The minimum atomic E-state index is -1.73. The molecule has 6 amide bonds. The summed E-state index contributed by atoms with van der Waals surface area (Å²) in [5.74, 6) is -10.4. The maximum absolute atomic E-state index is 12.8. The summed E-state index contributed by atoms with van der Waals surface area (Å²) in [7, 11) is 0. The molecule has 1 aliphatic rings. The molecule has 0 aromatic rings. The van der Waals surface area contributed by atoms with E-state index in [-0.39, 0.29) is 51.1 Å². The molecule has 7 N–H and O–H groups in total. The predicted molar refractivity (Wildman–Crippen MR) is 168 cm³/mol. The maximum Gasteiger partial charge on any atom is 0.327 e. The standard InChI is InChI=1S/C29H43N5O14S/c1-16(12-24(39)40)26(43)31-18(13-25(41)42)27(44)32-19(29(46)47)15-49-20-14-23(38)33(28(20)45)11-8-21(36)30-9-4-3-5-10-34(48)22(37)7-6-17(2)35/h16,18-20,48H,3-15H2,1-2H3,(H,30,36)(H,31,43)(H,32,44)(H,39,40)(H,41,42)(H,46,47)/t16-,18-,19-,20?/m0/s1. The van der Waals surface area contributed by atoms with Gasteiger partial charge in [-0.3, -0.25) is 48.5 Å². The zero-order valence-corrected chi connectivity index (χ0v) is 28.0. The Kier molecular flexibility index (Phi) is 18.5. The number of amides is 6. The van der Waals surface area contributed by atoms with E-state index >= 15 is 0 Å². The molecule has 1 heterocycles. The van der Waals surface area contributed by atoms with Crippen LogP contribution in [0.25, 0.3) is 0 Å². The van der Waals surface area contributed by atoms with Crippen LogP contribution in [0.5, 0.6) is 0 Å². The number of carboxylic acids is 3. The van der Waals surface area contributed by atoms with Crippen LogP contribution in [0, 0.1) is 5.92 Å². The van der Waals surface area contributed by atoms with Crippen molar-refractivity contribution in [3.63, 3.8) is 0 Å². The van der Waals surface area contributed by atoms with Crippen LogP contribution in [0.1, 0.15) is 71.6 Å². The van der Waals surface area contributed by atoms with Gasteiger partial charge >= 0.3 is 17.9 Å². The molecule has 1 aliphatic heterocycles. The molecule has 0 bridgehead atoms. The van der Waals surface area contributed by atoms with Crippen LogP contribution in [0.4, 0.5) is 0 Å². The van der Waals surface area contributed by atoms with E-state index in [1.807, 2.05) is 0 Å². The number of carbonyl (C=O) groups is 10. The summed E-state index contributed by atoms with van der Waals surface area (Å²) in [4.78, 5) is 120. The number of carboxylic acid groups (broad SMARTS) is 3. The highest BCUT2D eigenvalue weighted by atomic mass is 32.2. The van der Waals surface area contributed by atoms with Crippen molar-refractivity contribution in [2.45, 2.75) is 89.0 Å². The molecule has 274 valence electrons. The number of hydroxylamine groups is 2. The highest BCUT2D eigenvalue weighted by Crippen LogP contribution is 2.26. The minimum absolute atomic E-state index is 0.0438. The van der Waals surface area contributed by atoms with Gasteiger partial charge in [0.05, 0.1) is 18.1 Å². The maximum atomic E-state index is 12.8. The molecule has 0 aliphatic carbocycles. The molecule has 0 aromatic carbocycles. The van der Waals surface area contributed by atoms with E-state index in [1.54, 1.807) is 0 Å². The number of hydrogen-bond donors (Lipinski definition) is 7. The Morgan fingerprint density at radius 2 is 1.51 bits per heavy atom. The van der Waals surface area contributed by atoms with E-state index in [0.717, 1.165) is 16.7 Å². The molecule has 0 radical (unpaired) electrons. The highest BCUT2D eigenvalue weighted by molar-refractivity contribution is 8.00. The van der Waals surface area contributed by atoms with Crippen molar-refractivity contribution in [2.75, 3.05) is 25.4 Å². The summed E-state index contributed by atoms with van der Waals surface area (Å²) in [5.41, 5.74) is 0. The van der Waals surface area contributed by atoms with Crippen LogP contribution < -0.4 is 16.0 Å². The molecular weight excluding hydrogens is 674 g/mol. The van der Waals surface area contributed by atoms with Gasteiger partial charge in [0.25, 0.3) is 0 Å². The lowest BCUT2D eigenvalue weighted by Gasteiger charge is -2.22. The van der Waals surface area contributed by atoms with Gasteiger partial charge in [0, 0.05) is 57.0 Å². The first-order chi connectivity index (χ1) is 22.9. The number of thioether (sulfide) groups is 1. The number of Topliss-reactive ketones (excluding diaryl/α,β-unsaturated/α-hetero) is 1. The number of hydrogen-bond acceptors (Lipinski definition) is 12. The Balaban J connectivity index is 2.54. The molecule has 1 rings (SSSR count). The molecule has 0 saturated carbocycles. The fourth-order valence-electron chi connectivity index (χ4n) is 4.36. The Morgan fingerprint density at radius 3 is 2.10 bits per heavy atom. The number of ketones is 1.